The average Bonchev–Trinajstić information content (AvgIpc) is 2.45. The normalized spacial score (nSPS) is 12.6. The number of nitrogens with two attached hydrogens (primary N) is 1. The Labute approximate surface area is 89.6 Å². The molecule has 0 aromatic carbocycles. The second-order valence-corrected chi connectivity index (χ2v) is 3.86. The van der Waals surface area contributed by atoms with Gasteiger partial charge in [-0.2, -0.15) is 5.10 Å². The fraction of sp³-hybridized carbons (Fsp3) is 0.600. The molecule has 1 aromatic rings. The topological polar surface area (TPSA) is 72.9 Å². The predicted molar refractivity (Wildman–Crippen MR) is 58.1 cm³/mol. The van der Waals surface area contributed by atoms with Crippen molar-refractivity contribution >= 4 is 5.91 Å². The maximum absolute atomic E-state index is 11.1. The van der Waals surface area contributed by atoms with E-state index in [4.69, 9.17) is 5.84 Å². The van der Waals surface area contributed by atoms with E-state index in [-0.39, 0.29) is 11.9 Å². The number of carbonyl (C=O) groups excluding carboxylic acids is 1. The first-order valence-corrected chi connectivity index (χ1v) is 4.99. The molecule has 0 unspecified atom stereocenters. The van der Waals surface area contributed by atoms with Gasteiger partial charge in [0.05, 0.1) is 18.2 Å². The van der Waals surface area contributed by atoms with E-state index in [0.717, 1.165) is 11.4 Å². The molecular weight excluding hydrogens is 192 g/mol. The molecule has 3 N–H and O–H groups in total. The molecule has 1 amide bonds. The second kappa shape index (κ2) is 4.44. The molecule has 0 spiro atoms. The number of aromatic nitrogens is 2. The molecule has 1 aromatic heterocycles. The summed E-state index contributed by atoms with van der Waals surface area (Å²) >= 11 is 0. The maximum Gasteiger partial charge on any atom is 0.236 e. The Balaban J connectivity index is 2.87. The van der Waals surface area contributed by atoms with Crippen LogP contribution in [0.25, 0.3) is 0 Å². The zero-order chi connectivity index (χ0) is 11.6. The van der Waals surface area contributed by atoms with E-state index < -0.39 is 0 Å². The van der Waals surface area contributed by atoms with Gasteiger partial charge < -0.3 is 0 Å². The number of hydrogen-bond acceptors (Lipinski definition) is 3. The molecule has 0 radical (unpaired) electrons. The molecule has 1 heterocycles. The third-order valence-corrected chi connectivity index (χ3v) is 2.75. The number of rotatable bonds is 3. The number of aryl methyl sites for hydroxylation is 1. The van der Waals surface area contributed by atoms with Crippen LogP contribution in [0.1, 0.15) is 36.3 Å². The van der Waals surface area contributed by atoms with Gasteiger partial charge in [-0.3, -0.25) is 14.9 Å². The first kappa shape index (κ1) is 11.7. The SMILES string of the molecule is Cc1nn([C@@H](C)CC(=O)NN)c(C)c1C. The highest BCUT2D eigenvalue weighted by Crippen LogP contribution is 2.18. The highest BCUT2D eigenvalue weighted by atomic mass is 16.2. The van der Waals surface area contributed by atoms with Crippen LogP contribution in [-0.4, -0.2) is 15.7 Å². The molecule has 0 bridgehead atoms. The Morgan fingerprint density at radius 1 is 1.53 bits per heavy atom. The molecule has 5 heteroatoms. The summed E-state index contributed by atoms with van der Waals surface area (Å²) in [6.07, 6.45) is 0.345. The summed E-state index contributed by atoms with van der Waals surface area (Å²) in [6, 6.07) is 0.0287. The lowest BCUT2D eigenvalue weighted by Crippen LogP contribution is -2.31. The van der Waals surface area contributed by atoms with Crippen LogP contribution in [0.15, 0.2) is 0 Å². The van der Waals surface area contributed by atoms with Crippen LogP contribution in [0.5, 0.6) is 0 Å². The smallest absolute Gasteiger partial charge is 0.236 e. The van der Waals surface area contributed by atoms with Gasteiger partial charge >= 0.3 is 0 Å². The van der Waals surface area contributed by atoms with E-state index in [1.54, 1.807) is 0 Å². The molecule has 5 nitrogen and oxygen atoms in total. The Kier molecular flexibility index (Phi) is 3.47. The minimum atomic E-state index is -0.173. The van der Waals surface area contributed by atoms with E-state index in [1.807, 2.05) is 32.4 Å². The van der Waals surface area contributed by atoms with Crippen molar-refractivity contribution in [2.75, 3.05) is 0 Å². The molecule has 84 valence electrons. The number of hydrogen-bond donors (Lipinski definition) is 2. The van der Waals surface area contributed by atoms with Gasteiger partial charge in [0.2, 0.25) is 5.91 Å². The largest absolute Gasteiger partial charge is 0.294 e. The van der Waals surface area contributed by atoms with Gasteiger partial charge in [0, 0.05) is 5.69 Å². The predicted octanol–water partition coefficient (Wildman–Crippen LogP) is 0.749. The molecule has 0 fully saturated rings. The van der Waals surface area contributed by atoms with Crippen molar-refractivity contribution in [3.8, 4) is 0 Å². The lowest BCUT2D eigenvalue weighted by atomic mass is 10.2. The van der Waals surface area contributed by atoms with Crippen LogP contribution in [0.2, 0.25) is 0 Å². The van der Waals surface area contributed by atoms with Gasteiger partial charge in [0.25, 0.3) is 0 Å². The Hall–Kier alpha value is -1.36. The van der Waals surface area contributed by atoms with E-state index in [1.165, 1.54) is 5.56 Å². The zero-order valence-corrected chi connectivity index (χ0v) is 9.66. The minimum absolute atomic E-state index is 0.0287. The number of nitrogens with zero attached hydrogens (tertiary/aromatic N) is 2. The van der Waals surface area contributed by atoms with Gasteiger partial charge in [-0.15, -0.1) is 0 Å². The minimum Gasteiger partial charge on any atom is -0.294 e. The van der Waals surface area contributed by atoms with Crippen LogP contribution < -0.4 is 11.3 Å². The Morgan fingerprint density at radius 3 is 2.53 bits per heavy atom. The fourth-order valence-corrected chi connectivity index (χ4v) is 1.59. The molecule has 1 atom stereocenters. The van der Waals surface area contributed by atoms with E-state index in [2.05, 4.69) is 10.5 Å². The third kappa shape index (κ3) is 2.36. The van der Waals surface area contributed by atoms with Crippen molar-refractivity contribution in [3.05, 3.63) is 17.0 Å². The summed E-state index contributed by atoms with van der Waals surface area (Å²) in [4.78, 5) is 11.1. The lowest BCUT2D eigenvalue weighted by Gasteiger charge is -2.13. The molecule has 0 aliphatic rings. The van der Waals surface area contributed by atoms with Gasteiger partial charge in [0.15, 0.2) is 0 Å². The van der Waals surface area contributed by atoms with Crippen LogP contribution in [0.3, 0.4) is 0 Å². The molecule has 1 rings (SSSR count). The highest BCUT2D eigenvalue weighted by molar-refractivity contribution is 5.75. The number of amides is 1. The summed E-state index contributed by atoms with van der Waals surface area (Å²) in [5.41, 5.74) is 5.41. The molecule has 0 aliphatic heterocycles. The van der Waals surface area contributed by atoms with Crippen molar-refractivity contribution in [1.29, 1.82) is 0 Å². The van der Waals surface area contributed by atoms with Crippen LogP contribution >= 0.6 is 0 Å². The Bertz CT molecular complexity index is 370. The average molecular weight is 210 g/mol. The maximum atomic E-state index is 11.1. The van der Waals surface area contributed by atoms with Crippen molar-refractivity contribution in [1.82, 2.24) is 15.2 Å². The molecule has 15 heavy (non-hydrogen) atoms. The summed E-state index contributed by atoms with van der Waals surface area (Å²) in [7, 11) is 0. The number of nitrogens with one attached hydrogen (secondary N) is 1. The van der Waals surface area contributed by atoms with Gasteiger partial charge in [0.1, 0.15) is 0 Å². The lowest BCUT2D eigenvalue weighted by molar-refractivity contribution is -0.121. The molecule has 0 aliphatic carbocycles. The Morgan fingerprint density at radius 2 is 2.13 bits per heavy atom. The first-order valence-electron chi connectivity index (χ1n) is 4.99. The van der Waals surface area contributed by atoms with Gasteiger partial charge in [-0.25, -0.2) is 5.84 Å². The summed E-state index contributed by atoms with van der Waals surface area (Å²) in [6.45, 7) is 7.96. The molecule has 0 saturated carbocycles. The monoisotopic (exact) mass is 210 g/mol. The third-order valence-electron chi connectivity index (χ3n) is 2.75. The summed E-state index contributed by atoms with van der Waals surface area (Å²) in [5.74, 6) is 4.87. The van der Waals surface area contributed by atoms with Crippen molar-refractivity contribution < 1.29 is 4.79 Å². The fourth-order valence-electron chi connectivity index (χ4n) is 1.59. The number of carbonyl (C=O) groups is 1. The van der Waals surface area contributed by atoms with Crippen LogP contribution in [0.4, 0.5) is 0 Å². The van der Waals surface area contributed by atoms with Crippen LogP contribution in [-0.2, 0) is 4.79 Å². The van der Waals surface area contributed by atoms with E-state index >= 15 is 0 Å². The quantitative estimate of drug-likeness (QED) is 0.439. The van der Waals surface area contributed by atoms with Crippen molar-refractivity contribution in [2.24, 2.45) is 5.84 Å². The standard InChI is InChI=1S/C10H18N4O/c1-6(5-10(15)12-11)14-9(4)7(2)8(3)13-14/h6H,5,11H2,1-4H3,(H,12,15)/t6-/m0/s1. The highest BCUT2D eigenvalue weighted by Gasteiger charge is 2.15. The first-order chi connectivity index (χ1) is 6.97. The van der Waals surface area contributed by atoms with Crippen molar-refractivity contribution in [3.63, 3.8) is 0 Å². The summed E-state index contributed by atoms with van der Waals surface area (Å²) < 4.78 is 1.87. The molecular formula is C10H18N4O. The van der Waals surface area contributed by atoms with Crippen LogP contribution in [0, 0.1) is 20.8 Å². The van der Waals surface area contributed by atoms with E-state index in [0.29, 0.717) is 6.42 Å². The second-order valence-electron chi connectivity index (χ2n) is 3.86. The zero-order valence-electron chi connectivity index (χ0n) is 9.66. The molecule has 0 saturated heterocycles. The van der Waals surface area contributed by atoms with Crippen molar-refractivity contribution in [2.45, 2.75) is 40.2 Å². The van der Waals surface area contributed by atoms with Gasteiger partial charge in [-0.1, -0.05) is 0 Å². The van der Waals surface area contributed by atoms with E-state index in [9.17, 15) is 4.79 Å². The number of hydrazine groups is 1. The summed E-state index contributed by atoms with van der Waals surface area (Å²) in [5, 5.41) is 4.39. The van der Waals surface area contributed by atoms with Gasteiger partial charge in [-0.05, 0) is 33.3 Å².